The Morgan fingerprint density at radius 3 is 2.48 bits per heavy atom. The van der Waals surface area contributed by atoms with Gasteiger partial charge in [-0.1, -0.05) is 72.5 Å². The van der Waals surface area contributed by atoms with Crippen LogP contribution in [0.15, 0.2) is 83.8 Å². The summed E-state index contributed by atoms with van der Waals surface area (Å²) < 4.78 is 6.15. The van der Waals surface area contributed by atoms with Crippen molar-refractivity contribution in [2.45, 2.75) is 6.61 Å². The maximum atomic E-state index is 12.9. The topological polar surface area (TPSA) is 66.8 Å². The Morgan fingerprint density at radius 2 is 1.77 bits per heavy atom. The number of benzene rings is 3. The molecular weight excluding hydrogens is 430 g/mol. The molecule has 1 aliphatic heterocycles. The molecule has 0 saturated carbocycles. The van der Waals surface area contributed by atoms with E-state index in [-0.39, 0.29) is 11.5 Å². The summed E-state index contributed by atoms with van der Waals surface area (Å²) in [5.74, 6) is -0.599. The monoisotopic (exact) mass is 447 g/mol. The summed E-state index contributed by atoms with van der Waals surface area (Å²) in [7, 11) is 0. The molecule has 5 nitrogen and oxygen atoms in total. The zero-order valence-electron chi connectivity index (χ0n) is 16.2. The summed E-state index contributed by atoms with van der Waals surface area (Å²) in [6.45, 7) is 0.480. The van der Waals surface area contributed by atoms with Crippen molar-refractivity contribution in [2.75, 3.05) is 4.90 Å². The fourth-order valence-electron chi connectivity index (χ4n) is 3.02. The molecule has 3 aromatic carbocycles. The summed E-state index contributed by atoms with van der Waals surface area (Å²) in [6, 6.07) is 23.5. The number of carbonyl (C=O) groups excluding carboxylic acids is 1. The van der Waals surface area contributed by atoms with E-state index in [1.165, 1.54) is 28.8 Å². The van der Waals surface area contributed by atoms with Crippen molar-refractivity contribution in [1.29, 1.82) is 0 Å². The van der Waals surface area contributed by atoms with Crippen molar-refractivity contribution in [2.24, 2.45) is 0 Å². The van der Waals surface area contributed by atoms with Gasteiger partial charge in [0, 0.05) is 0 Å². The number of aromatic carboxylic acids is 1. The summed E-state index contributed by atoms with van der Waals surface area (Å²) in [5, 5.41) is 9.19. The van der Waals surface area contributed by atoms with Gasteiger partial charge in [0.1, 0.15) is 12.4 Å². The minimum atomic E-state index is -1.06. The average Bonchev–Trinajstić information content (AvgIpc) is 3.06. The van der Waals surface area contributed by atoms with E-state index in [0.29, 0.717) is 21.5 Å². The van der Waals surface area contributed by atoms with E-state index in [0.717, 1.165) is 16.9 Å². The molecule has 4 rings (SSSR count). The maximum absolute atomic E-state index is 12.9. The SMILES string of the molecule is O=C(O)c1cccc(N2C(=O)/C(=C/c3ccc(OCc4ccccc4)cc3)SC2=S)c1. The molecule has 0 atom stereocenters. The van der Waals surface area contributed by atoms with Crippen LogP contribution in [0.2, 0.25) is 0 Å². The molecule has 1 aliphatic rings. The van der Waals surface area contributed by atoms with Crippen molar-refractivity contribution in [3.8, 4) is 5.75 Å². The third-order valence-electron chi connectivity index (χ3n) is 4.57. The molecule has 0 bridgehead atoms. The zero-order valence-corrected chi connectivity index (χ0v) is 17.9. The molecule has 154 valence electrons. The molecule has 1 fully saturated rings. The maximum Gasteiger partial charge on any atom is 0.335 e. The van der Waals surface area contributed by atoms with Gasteiger partial charge in [0.15, 0.2) is 4.32 Å². The molecule has 1 saturated heterocycles. The highest BCUT2D eigenvalue weighted by atomic mass is 32.2. The average molecular weight is 448 g/mol. The molecule has 7 heteroatoms. The van der Waals surface area contributed by atoms with Gasteiger partial charge in [-0.05, 0) is 47.5 Å². The summed E-state index contributed by atoms with van der Waals surface area (Å²) >= 11 is 6.55. The Bertz CT molecular complexity index is 1170. The van der Waals surface area contributed by atoms with Gasteiger partial charge in [-0.15, -0.1) is 0 Å². The third kappa shape index (κ3) is 4.84. The first-order chi connectivity index (χ1) is 15.0. The van der Waals surface area contributed by atoms with Crippen LogP contribution in [0.1, 0.15) is 21.5 Å². The molecule has 1 N–H and O–H groups in total. The lowest BCUT2D eigenvalue weighted by molar-refractivity contribution is -0.113. The molecule has 3 aromatic rings. The van der Waals surface area contributed by atoms with E-state index >= 15 is 0 Å². The fraction of sp³-hybridized carbons (Fsp3) is 0.0417. The largest absolute Gasteiger partial charge is 0.489 e. The smallest absolute Gasteiger partial charge is 0.335 e. The minimum Gasteiger partial charge on any atom is -0.489 e. The second-order valence-electron chi connectivity index (χ2n) is 6.72. The predicted octanol–water partition coefficient (Wildman–Crippen LogP) is 5.37. The number of hydrogen-bond donors (Lipinski definition) is 1. The van der Waals surface area contributed by atoms with E-state index in [1.807, 2.05) is 54.6 Å². The highest BCUT2D eigenvalue weighted by molar-refractivity contribution is 8.27. The number of carboxylic acids is 1. The highest BCUT2D eigenvalue weighted by Gasteiger charge is 2.33. The molecule has 0 unspecified atom stereocenters. The Hall–Kier alpha value is -3.42. The highest BCUT2D eigenvalue weighted by Crippen LogP contribution is 2.36. The Kier molecular flexibility index (Phi) is 6.16. The van der Waals surface area contributed by atoms with Gasteiger partial charge in [-0.3, -0.25) is 9.69 Å². The van der Waals surface area contributed by atoms with Gasteiger partial charge in [0.25, 0.3) is 5.91 Å². The fourth-order valence-corrected chi connectivity index (χ4v) is 4.32. The second-order valence-corrected chi connectivity index (χ2v) is 8.39. The normalized spacial score (nSPS) is 14.8. The molecular formula is C24H17NO4S2. The first-order valence-electron chi connectivity index (χ1n) is 9.39. The standard InChI is InChI=1S/C24H17NO4S2/c26-22-21(31-24(30)25(22)19-8-4-7-18(14-19)23(27)28)13-16-9-11-20(12-10-16)29-15-17-5-2-1-3-6-17/h1-14H,15H2,(H,27,28)/b21-13-. The quantitative estimate of drug-likeness (QED) is 0.405. The van der Waals surface area contributed by atoms with E-state index in [9.17, 15) is 14.7 Å². The van der Waals surface area contributed by atoms with Crippen LogP contribution in [0.5, 0.6) is 5.75 Å². The first kappa shape index (κ1) is 20.8. The lowest BCUT2D eigenvalue weighted by Gasteiger charge is -2.14. The second kappa shape index (κ2) is 9.16. The Labute approximate surface area is 189 Å². The van der Waals surface area contributed by atoms with Crippen LogP contribution in [-0.2, 0) is 11.4 Å². The summed E-state index contributed by atoms with van der Waals surface area (Å²) in [4.78, 5) is 26.0. The van der Waals surface area contributed by atoms with Gasteiger partial charge in [-0.2, -0.15) is 0 Å². The number of amides is 1. The Balaban J connectivity index is 1.48. The van der Waals surface area contributed by atoms with Crippen LogP contribution in [0, 0.1) is 0 Å². The molecule has 31 heavy (non-hydrogen) atoms. The summed E-state index contributed by atoms with van der Waals surface area (Å²) in [6.07, 6.45) is 1.77. The molecule has 0 radical (unpaired) electrons. The lowest BCUT2D eigenvalue weighted by Crippen LogP contribution is -2.27. The van der Waals surface area contributed by atoms with Crippen molar-refractivity contribution in [1.82, 2.24) is 0 Å². The van der Waals surface area contributed by atoms with E-state index < -0.39 is 5.97 Å². The molecule has 0 aromatic heterocycles. The van der Waals surface area contributed by atoms with Gasteiger partial charge < -0.3 is 9.84 Å². The van der Waals surface area contributed by atoms with Crippen molar-refractivity contribution >= 4 is 51.9 Å². The number of rotatable bonds is 6. The number of nitrogens with zero attached hydrogens (tertiary/aromatic N) is 1. The first-order valence-corrected chi connectivity index (χ1v) is 10.6. The lowest BCUT2D eigenvalue weighted by atomic mass is 10.1. The van der Waals surface area contributed by atoms with Gasteiger partial charge in [0.2, 0.25) is 0 Å². The third-order valence-corrected chi connectivity index (χ3v) is 5.87. The number of ether oxygens (including phenoxy) is 1. The number of thioether (sulfide) groups is 1. The molecule has 1 amide bonds. The van der Waals surface area contributed by atoms with Crippen LogP contribution in [-0.4, -0.2) is 21.3 Å². The van der Waals surface area contributed by atoms with E-state index in [1.54, 1.807) is 18.2 Å². The zero-order chi connectivity index (χ0) is 21.8. The van der Waals surface area contributed by atoms with Gasteiger partial charge >= 0.3 is 5.97 Å². The van der Waals surface area contributed by atoms with Crippen LogP contribution < -0.4 is 9.64 Å². The number of carbonyl (C=O) groups is 2. The predicted molar refractivity (Wildman–Crippen MR) is 126 cm³/mol. The van der Waals surface area contributed by atoms with Crippen molar-refractivity contribution < 1.29 is 19.4 Å². The minimum absolute atomic E-state index is 0.0987. The van der Waals surface area contributed by atoms with Crippen molar-refractivity contribution in [3.05, 3.63) is 100 Å². The van der Waals surface area contributed by atoms with Crippen molar-refractivity contribution in [3.63, 3.8) is 0 Å². The molecule has 1 heterocycles. The number of anilines is 1. The van der Waals surface area contributed by atoms with Crippen LogP contribution >= 0.6 is 24.0 Å². The Morgan fingerprint density at radius 1 is 1.03 bits per heavy atom. The van der Waals surface area contributed by atoms with Crippen LogP contribution in [0.4, 0.5) is 5.69 Å². The number of carboxylic acid groups (broad SMARTS) is 1. The molecule has 0 spiro atoms. The number of hydrogen-bond acceptors (Lipinski definition) is 5. The van der Waals surface area contributed by atoms with Crippen LogP contribution in [0.3, 0.4) is 0 Å². The van der Waals surface area contributed by atoms with Crippen LogP contribution in [0.25, 0.3) is 6.08 Å². The summed E-state index contributed by atoms with van der Waals surface area (Å²) in [5.41, 5.74) is 2.46. The number of thiocarbonyl (C=S) groups is 1. The van der Waals surface area contributed by atoms with Gasteiger partial charge in [0.05, 0.1) is 16.2 Å². The van der Waals surface area contributed by atoms with E-state index in [2.05, 4.69) is 0 Å². The molecule has 0 aliphatic carbocycles. The van der Waals surface area contributed by atoms with E-state index in [4.69, 9.17) is 17.0 Å². The van der Waals surface area contributed by atoms with Gasteiger partial charge in [-0.25, -0.2) is 4.79 Å².